The van der Waals surface area contributed by atoms with Gasteiger partial charge in [0.05, 0.1) is 67.3 Å². The maximum Gasteiger partial charge on any atom is 0.314 e. The highest BCUT2D eigenvalue weighted by Crippen LogP contribution is 2.41. The molecule has 4 aromatic carbocycles. The zero-order valence-electron chi connectivity index (χ0n) is 45.7. The number of carbonyl (C=O) groups is 2. The van der Waals surface area contributed by atoms with E-state index in [1.54, 1.807) is 62.4 Å². The zero-order chi connectivity index (χ0) is 56.7. The van der Waals surface area contributed by atoms with Crippen LogP contribution in [0.2, 0.25) is 20.1 Å². The van der Waals surface area contributed by atoms with E-state index in [1.807, 2.05) is 52.2 Å². The van der Waals surface area contributed by atoms with E-state index in [9.17, 15) is 26.4 Å². The van der Waals surface area contributed by atoms with Crippen LogP contribution in [0.1, 0.15) is 111 Å². The molecule has 0 aromatic heterocycles. The Hall–Kier alpha value is -3.40. The lowest BCUT2D eigenvalue weighted by molar-refractivity contribution is -0.119. The van der Waals surface area contributed by atoms with Crippen LogP contribution in [0.3, 0.4) is 0 Å². The van der Waals surface area contributed by atoms with Gasteiger partial charge in [-0.25, -0.2) is 26.4 Å². The van der Waals surface area contributed by atoms with Gasteiger partial charge in [-0.1, -0.05) is 90.9 Å². The summed E-state index contributed by atoms with van der Waals surface area (Å²) in [7, 11) is -3.51. The molecule has 21 heteroatoms. The van der Waals surface area contributed by atoms with Crippen molar-refractivity contribution < 1.29 is 45.4 Å². The highest BCUT2D eigenvalue weighted by atomic mass is 35.5. The number of rotatable bonds is 31. The van der Waals surface area contributed by atoms with E-state index < -0.39 is 30.8 Å². The standard InChI is InChI=1S/C57H77Cl4N5O10S2/c1-56(2,39-77(69,70)45-17-10-13-40(27-45)49-33-65(5)35-51-47(49)29-42(58)31-53(51)60)37-75-25-24-74-22-20-63-55(68)62-19-9-7-8-15-44(67)16-12-21-73-23-26-76-38-57(3,4)64-78(71,72)46-18-11-14-41(28-46)50-34-66(6)36-52-48(50)30-43(59)32-54(52)61/h10-11,13-14,17-18,27-32,49-50,64H,7-9,12,15-16,19-26,33-39H2,1-6H3,(H2,62,63,68)/t49-,50-/m0/s1. The number of ether oxygens (including phenoxy) is 4. The fraction of sp³-hybridized carbons (Fsp3) is 0.544. The average molecular weight is 1200 g/mol. The van der Waals surface area contributed by atoms with Crippen LogP contribution in [0.5, 0.6) is 0 Å². The molecule has 3 N–H and O–H groups in total. The summed E-state index contributed by atoms with van der Waals surface area (Å²) in [5.74, 6) is -0.117. The van der Waals surface area contributed by atoms with Crippen molar-refractivity contribution in [3.8, 4) is 0 Å². The van der Waals surface area contributed by atoms with Gasteiger partial charge in [-0.2, -0.15) is 0 Å². The number of sulfone groups is 1. The molecule has 78 heavy (non-hydrogen) atoms. The van der Waals surface area contributed by atoms with Crippen LogP contribution < -0.4 is 15.4 Å². The van der Waals surface area contributed by atoms with Crippen LogP contribution in [0.25, 0.3) is 0 Å². The van der Waals surface area contributed by atoms with Gasteiger partial charge in [0.15, 0.2) is 9.84 Å². The molecular weight excluding hydrogens is 1120 g/mol. The van der Waals surface area contributed by atoms with Crippen LogP contribution in [-0.2, 0) is 56.7 Å². The second kappa shape index (κ2) is 29.5. The molecule has 2 aliphatic heterocycles. The summed E-state index contributed by atoms with van der Waals surface area (Å²) in [5, 5.41) is 7.88. The molecule has 2 aliphatic rings. The minimum atomic E-state index is -3.89. The van der Waals surface area contributed by atoms with Crippen molar-refractivity contribution in [2.24, 2.45) is 5.41 Å². The number of amides is 2. The van der Waals surface area contributed by atoms with E-state index in [1.165, 1.54) is 0 Å². The van der Waals surface area contributed by atoms with Crippen LogP contribution in [0.4, 0.5) is 4.79 Å². The molecule has 0 spiro atoms. The van der Waals surface area contributed by atoms with Gasteiger partial charge >= 0.3 is 6.03 Å². The second-order valence-electron chi connectivity index (χ2n) is 21.9. The maximum absolute atomic E-state index is 13.7. The molecule has 0 aliphatic carbocycles. The monoisotopic (exact) mass is 1200 g/mol. The summed E-state index contributed by atoms with van der Waals surface area (Å²) in [4.78, 5) is 29.4. The van der Waals surface area contributed by atoms with Crippen LogP contribution in [0, 0.1) is 5.41 Å². The van der Waals surface area contributed by atoms with Crippen molar-refractivity contribution >= 4 is 78.1 Å². The van der Waals surface area contributed by atoms with Gasteiger partial charge in [-0.3, -0.25) is 4.79 Å². The first kappa shape index (κ1) is 63.8. The summed E-state index contributed by atoms with van der Waals surface area (Å²) in [6.45, 7) is 13.0. The smallest absolute Gasteiger partial charge is 0.314 e. The fourth-order valence-corrected chi connectivity index (χ4v) is 14.4. The first-order chi connectivity index (χ1) is 36.9. The molecule has 6 rings (SSSR count). The molecular formula is C57H77Cl4N5O10S2. The molecule has 2 amide bonds. The zero-order valence-corrected chi connectivity index (χ0v) is 50.4. The summed E-state index contributed by atoms with van der Waals surface area (Å²) in [5.41, 5.74) is 4.18. The van der Waals surface area contributed by atoms with Crippen molar-refractivity contribution in [1.29, 1.82) is 0 Å². The maximum atomic E-state index is 13.7. The number of halogens is 4. The van der Waals surface area contributed by atoms with Crippen LogP contribution in [-0.4, -0.2) is 143 Å². The quantitative estimate of drug-likeness (QED) is 0.0406. The number of carbonyl (C=O) groups excluding carboxylic acids is 2. The molecule has 0 bridgehead atoms. The first-order valence-electron chi connectivity index (χ1n) is 26.6. The van der Waals surface area contributed by atoms with Gasteiger partial charge in [-0.05, 0) is 129 Å². The van der Waals surface area contributed by atoms with Crippen molar-refractivity contribution in [2.75, 3.05) is 98.9 Å². The second-order valence-corrected chi connectivity index (χ2v) is 27.3. The number of nitrogens with one attached hydrogen (secondary N) is 3. The number of nitrogens with zero attached hydrogens (tertiary/aromatic N) is 2. The average Bonchev–Trinajstić information content (AvgIpc) is 3.56. The third kappa shape index (κ3) is 19.7. The molecule has 15 nitrogen and oxygen atoms in total. The lowest BCUT2D eigenvalue weighted by atomic mass is 9.85. The van der Waals surface area contributed by atoms with Gasteiger partial charge in [0.1, 0.15) is 5.78 Å². The fourth-order valence-electron chi connectivity index (χ4n) is 9.91. The summed E-state index contributed by atoms with van der Waals surface area (Å²) in [6, 6.07) is 21.1. The van der Waals surface area contributed by atoms with Crippen molar-refractivity contribution in [3.63, 3.8) is 0 Å². The minimum Gasteiger partial charge on any atom is -0.379 e. The molecule has 0 saturated carbocycles. The minimum absolute atomic E-state index is 0.0802. The largest absolute Gasteiger partial charge is 0.379 e. The van der Waals surface area contributed by atoms with Crippen LogP contribution >= 0.6 is 46.4 Å². The Bertz CT molecular complexity index is 2700. The molecule has 2 heterocycles. The summed E-state index contributed by atoms with van der Waals surface area (Å²) >= 11 is 25.9. The number of sulfonamides is 1. The Balaban J connectivity index is 0.743. The number of hydrogen-bond acceptors (Lipinski definition) is 12. The van der Waals surface area contributed by atoms with E-state index in [0.717, 1.165) is 52.6 Å². The van der Waals surface area contributed by atoms with E-state index in [-0.39, 0.29) is 78.8 Å². The van der Waals surface area contributed by atoms with Gasteiger partial charge in [0, 0.05) is 96.1 Å². The Morgan fingerprint density at radius 1 is 0.603 bits per heavy atom. The first-order valence-corrected chi connectivity index (χ1v) is 31.2. The Kier molecular flexibility index (Phi) is 24.2. The van der Waals surface area contributed by atoms with E-state index in [2.05, 4.69) is 25.2 Å². The highest BCUT2D eigenvalue weighted by Gasteiger charge is 2.33. The topological polar surface area (TPSA) is 182 Å². The van der Waals surface area contributed by atoms with E-state index in [4.69, 9.17) is 65.4 Å². The number of Topliss-reactive ketones (excluding diaryl/α,β-unsaturated/α-hetero) is 1. The van der Waals surface area contributed by atoms with Crippen molar-refractivity contribution in [3.05, 3.63) is 126 Å². The lowest BCUT2D eigenvalue weighted by Crippen LogP contribution is -2.47. The van der Waals surface area contributed by atoms with E-state index in [0.29, 0.717) is 91.8 Å². The number of urea groups is 1. The van der Waals surface area contributed by atoms with Gasteiger partial charge in [0.2, 0.25) is 10.0 Å². The molecule has 4 aromatic rings. The predicted molar refractivity (Wildman–Crippen MR) is 310 cm³/mol. The number of unbranched alkanes of at least 4 members (excludes halogenated alkanes) is 2. The highest BCUT2D eigenvalue weighted by molar-refractivity contribution is 7.91. The van der Waals surface area contributed by atoms with Gasteiger partial charge in [0.25, 0.3) is 0 Å². The number of ketones is 1. The SMILES string of the molecule is CN1Cc2c(Cl)cc(Cl)cc2[C@H](c2cccc(S(=O)(=O)CC(C)(C)COCCOCCNC(=O)NCCCCCC(=O)CCCOCCOCC(C)(C)NS(=O)(=O)c3cccc([C@@H]4CN(C)Cc5c(Cl)cc(Cl)cc54)c3)c2)C1. The Morgan fingerprint density at radius 3 is 1.72 bits per heavy atom. The number of likely N-dealkylation sites (N-methyl/N-ethyl adjacent to an activating group) is 2. The third-order valence-corrected chi connectivity index (χ3v) is 18.5. The number of fused-ring (bicyclic) bond motifs is 2. The molecule has 0 unspecified atom stereocenters. The van der Waals surface area contributed by atoms with Crippen molar-refractivity contribution in [1.82, 2.24) is 25.2 Å². The Labute approximate surface area is 482 Å². The normalized spacial score (nSPS) is 16.4. The molecule has 0 radical (unpaired) electrons. The van der Waals surface area contributed by atoms with Gasteiger partial charge < -0.3 is 39.4 Å². The molecule has 0 fully saturated rings. The van der Waals surface area contributed by atoms with Crippen LogP contribution in [0.15, 0.2) is 82.6 Å². The molecule has 2 atom stereocenters. The van der Waals surface area contributed by atoms with Crippen molar-refractivity contribution in [2.45, 2.75) is 106 Å². The van der Waals surface area contributed by atoms with Gasteiger partial charge in [-0.15, -0.1) is 0 Å². The number of hydrogen-bond donors (Lipinski definition) is 3. The predicted octanol–water partition coefficient (Wildman–Crippen LogP) is 10.3. The summed E-state index contributed by atoms with van der Waals surface area (Å²) in [6.07, 6.45) is 3.75. The summed E-state index contributed by atoms with van der Waals surface area (Å²) < 4.78 is 80.2. The molecule has 0 saturated heterocycles. The van der Waals surface area contributed by atoms with E-state index >= 15 is 0 Å². The number of benzene rings is 4. The lowest BCUT2D eigenvalue weighted by Gasteiger charge is -2.33. The molecule has 430 valence electrons. The Morgan fingerprint density at radius 2 is 1.12 bits per heavy atom. The third-order valence-electron chi connectivity index (χ3n) is 13.6.